The Morgan fingerprint density at radius 3 is 2.28 bits per heavy atom. The molecule has 2 amide bonds. The van der Waals surface area contributed by atoms with E-state index in [0.717, 1.165) is 24.4 Å². The molecule has 154 valence electrons. The zero-order chi connectivity index (χ0) is 20.3. The zero-order valence-electron chi connectivity index (χ0n) is 16.4. The first-order valence-electron chi connectivity index (χ1n) is 9.81. The third-order valence-corrected chi connectivity index (χ3v) is 5.73. The van der Waals surface area contributed by atoms with Crippen molar-refractivity contribution in [3.8, 4) is 0 Å². The van der Waals surface area contributed by atoms with Crippen molar-refractivity contribution < 1.29 is 14.3 Å². The number of ether oxygens (including phenoxy) is 1. The van der Waals surface area contributed by atoms with Crippen LogP contribution < -0.4 is 10.6 Å². The first kappa shape index (κ1) is 21.2. The van der Waals surface area contributed by atoms with Crippen LogP contribution in [-0.2, 0) is 21.9 Å². The maximum absolute atomic E-state index is 13.0. The van der Waals surface area contributed by atoms with Gasteiger partial charge in [0.2, 0.25) is 5.91 Å². The van der Waals surface area contributed by atoms with Crippen LogP contribution in [0, 0.1) is 0 Å². The van der Waals surface area contributed by atoms with Gasteiger partial charge in [-0.15, -0.1) is 0 Å². The molecule has 1 aliphatic rings. The van der Waals surface area contributed by atoms with Crippen LogP contribution in [0.25, 0.3) is 0 Å². The second-order valence-corrected chi connectivity index (χ2v) is 7.86. The van der Waals surface area contributed by atoms with Crippen molar-refractivity contribution >= 4 is 23.8 Å². The third-order valence-electron chi connectivity index (χ3n) is 4.63. The van der Waals surface area contributed by atoms with Gasteiger partial charge >= 0.3 is 6.09 Å². The van der Waals surface area contributed by atoms with Crippen LogP contribution in [0.15, 0.2) is 60.7 Å². The number of carbonyl (C=O) groups is 2. The predicted molar refractivity (Wildman–Crippen MR) is 116 cm³/mol. The standard InChI is InChI=1S/C22H27N3O3S/c26-21(25-13-11-23-12-14-25)20(17-29-16-19-9-5-2-6-10-19)24-22(27)28-15-18-7-3-1-4-8-18/h1-10,20,23H,11-17H2,(H,24,27)/t20-/m0/s1. The summed E-state index contributed by atoms with van der Waals surface area (Å²) in [6, 6.07) is 19.0. The van der Waals surface area contributed by atoms with E-state index in [1.165, 1.54) is 5.56 Å². The molecule has 1 aliphatic heterocycles. The van der Waals surface area contributed by atoms with Crippen molar-refractivity contribution in [2.75, 3.05) is 31.9 Å². The van der Waals surface area contributed by atoms with E-state index >= 15 is 0 Å². The van der Waals surface area contributed by atoms with Gasteiger partial charge in [-0.2, -0.15) is 11.8 Å². The Labute approximate surface area is 176 Å². The Morgan fingerprint density at radius 1 is 1.00 bits per heavy atom. The predicted octanol–water partition coefficient (Wildman–Crippen LogP) is 2.65. The summed E-state index contributed by atoms with van der Waals surface area (Å²) in [5, 5.41) is 6.02. The largest absolute Gasteiger partial charge is 0.445 e. The lowest BCUT2D eigenvalue weighted by Crippen LogP contribution is -2.55. The molecule has 0 radical (unpaired) electrons. The van der Waals surface area contributed by atoms with Gasteiger partial charge in [-0.25, -0.2) is 4.79 Å². The molecular weight excluding hydrogens is 386 g/mol. The number of rotatable bonds is 8. The summed E-state index contributed by atoms with van der Waals surface area (Å²) in [7, 11) is 0. The van der Waals surface area contributed by atoms with Crippen molar-refractivity contribution in [2.24, 2.45) is 0 Å². The van der Waals surface area contributed by atoms with Gasteiger partial charge < -0.3 is 20.3 Å². The normalized spacial score (nSPS) is 14.8. The van der Waals surface area contributed by atoms with Crippen molar-refractivity contribution in [3.05, 3.63) is 71.8 Å². The molecule has 0 bridgehead atoms. The van der Waals surface area contributed by atoms with E-state index in [1.54, 1.807) is 11.8 Å². The SMILES string of the molecule is O=C(N[C@@H](CSCc1ccccc1)C(=O)N1CCNCC1)OCc1ccccc1. The van der Waals surface area contributed by atoms with E-state index in [1.807, 2.05) is 53.4 Å². The Morgan fingerprint density at radius 2 is 1.62 bits per heavy atom. The highest BCUT2D eigenvalue weighted by atomic mass is 32.2. The Balaban J connectivity index is 1.55. The number of amides is 2. The second kappa shape index (κ2) is 11.5. The number of nitrogens with zero attached hydrogens (tertiary/aromatic N) is 1. The molecule has 2 N–H and O–H groups in total. The molecule has 0 unspecified atom stereocenters. The third kappa shape index (κ3) is 7.11. The minimum absolute atomic E-state index is 0.0521. The smallest absolute Gasteiger partial charge is 0.408 e. The van der Waals surface area contributed by atoms with Gasteiger partial charge in [-0.3, -0.25) is 4.79 Å². The van der Waals surface area contributed by atoms with Gasteiger partial charge in [0.25, 0.3) is 0 Å². The number of piperazine rings is 1. The fourth-order valence-electron chi connectivity index (χ4n) is 3.06. The lowest BCUT2D eigenvalue weighted by atomic mass is 10.2. The van der Waals surface area contributed by atoms with E-state index in [-0.39, 0.29) is 12.5 Å². The van der Waals surface area contributed by atoms with Crippen LogP contribution in [0.1, 0.15) is 11.1 Å². The van der Waals surface area contributed by atoms with Crippen LogP contribution in [0.5, 0.6) is 0 Å². The molecule has 0 aromatic heterocycles. The summed E-state index contributed by atoms with van der Waals surface area (Å²) in [6.07, 6.45) is -0.567. The van der Waals surface area contributed by atoms with Crippen LogP contribution >= 0.6 is 11.8 Å². The molecule has 7 heteroatoms. The van der Waals surface area contributed by atoms with Crippen molar-refractivity contribution in [1.82, 2.24) is 15.5 Å². The summed E-state index contributed by atoms with van der Waals surface area (Å²) in [6.45, 7) is 3.03. The number of hydrogen-bond acceptors (Lipinski definition) is 5. The minimum Gasteiger partial charge on any atom is -0.445 e. The average Bonchev–Trinajstić information content (AvgIpc) is 2.78. The Hall–Kier alpha value is -2.51. The van der Waals surface area contributed by atoms with Gasteiger partial charge in [-0.1, -0.05) is 60.7 Å². The summed E-state index contributed by atoms with van der Waals surface area (Å²) in [4.78, 5) is 27.1. The lowest BCUT2D eigenvalue weighted by Gasteiger charge is -2.31. The molecule has 2 aromatic carbocycles. The molecule has 0 spiro atoms. The number of thioether (sulfide) groups is 1. The van der Waals surface area contributed by atoms with Crippen molar-refractivity contribution in [3.63, 3.8) is 0 Å². The van der Waals surface area contributed by atoms with Crippen LogP contribution in [-0.4, -0.2) is 54.9 Å². The topological polar surface area (TPSA) is 70.7 Å². The second-order valence-electron chi connectivity index (χ2n) is 6.83. The Kier molecular flexibility index (Phi) is 8.40. The molecule has 1 atom stereocenters. The van der Waals surface area contributed by atoms with E-state index in [0.29, 0.717) is 18.8 Å². The molecule has 0 aliphatic carbocycles. The maximum atomic E-state index is 13.0. The monoisotopic (exact) mass is 413 g/mol. The van der Waals surface area contributed by atoms with Crippen LogP contribution in [0.4, 0.5) is 4.79 Å². The van der Waals surface area contributed by atoms with Gasteiger partial charge in [0.15, 0.2) is 0 Å². The molecular formula is C22H27N3O3S. The van der Waals surface area contributed by atoms with Gasteiger partial charge in [0, 0.05) is 37.7 Å². The molecule has 6 nitrogen and oxygen atoms in total. The summed E-state index contributed by atoms with van der Waals surface area (Å²) >= 11 is 1.63. The number of alkyl carbamates (subject to hydrolysis) is 1. The van der Waals surface area contributed by atoms with Gasteiger partial charge in [0.05, 0.1) is 0 Å². The number of benzene rings is 2. The summed E-state index contributed by atoms with van der Waals surface area (Å²) < 4.78 is 5.32. The molecule has 0 saturated carbocycles. The van der Waals surface area contributed by atoms with Gasteiger partial charge in [0.1, 0.15) is 12.6 Å². The summed E-state index contributed by atoms with van der Waals surface area (Å²) in [5.41, 5.74) is 2.10. The van der Waals surface area contributed by atoms with E-state index < -0.39 is 12.1 Å². The highest BCUT2D eigenvalue weighted by molar-refractivity contribution is 7.98. The molecule has 1 saturated heterocycles. The first-order chi connectivity index (χ1) is 14.2. The molecule has 1 heterocycles. The fraction of sp³-hybridized carbons (Fsp3) is 0.364. The number of hydrogen-bond donors (Lipinski definition) is 2. The fourth-order valence-corrected chi connectivity index (χ4v) is 4.06. The Bertz CT molecular complexity index is 767. The summed E-state index contributed by atoms with van der Waals surface area (Å²) in [5.74, 6) is 1.23. The highest BCUT2D eigenvalue weighted by Crippen LogP contribution is 2.14. The highest BCUT2D eigenvalue weighted by Gasteiger charge is 2.27. The number of nitrogens with one attached hydrogen (secondary N) is 2. The van der Waals surface area contributed by atoms with Gasteiger partial charge in [-0.05, 0) is 11.1 Å². The van der Waals surface area contributed by atoms with E-state index in [2.05, 4.69) is 22.8 Å². The van der Waals surface area contributed by atoms with Crippen molar-refractivity contribution in [2.45, 2.75) is 18.4 Å². The lowest BCUT2D eigenvalue weighted by molar-refractivity contribution is -0.133. The molecule has 1 fully saturated rings. The molecule has 3 rings (SSSR count). The molecule has 2 aromatic rings. The maximum Gasteiger partial charge on any atom is 0.408 e. The number of carbonyl (C=O) groups excluding carboxylic acids is 2. The minimum atomic E-state index is -0.606. The van der Waals surface area contributed by atoms with E-state index in [9.17, 15) is 9.59 Å². The first-order valence-corrected chi connectivity index (χ1v) is 11.0. The quantitative estimate of drug-likeness (QED) is 0.696. The average molecular weight is 414 g/mol. The van der Waals surface area contributed by atoms with Crippen LogP contribution in [0.2, 0.25) is 0 Å². The van der Waals surface area contributed by atoms with Crippen LogP contribution in [0.3, 0.4) is 0 Å². The zero-order valence-corrected chi connectivity index (χ0v) is 17.2. The van der Waals surface area contributed by atoms with Crippen molar-refractivity contribution in [1.29, 1.82) is 0 Å². The molecule has 29 heavy (non-hydrogen) atoms. The van der Waals surface area contributed by atoms with E-state index in [4.69, 9.17) is 4.74 Å².